The van der Waals surface area contributed by atoms with E-state index < -0.39 is 0 Å². The molecule has 0 aliphatic rings. The first-order valence-corrected chi connectivity index (χ1v) is 16.4. The fraction of sp³-hybridized carbons (Fsp3) is 0.0270. The van der Waals surface area contributed by atoms with Crippen molar-refractivity contribution in [2.45, 2.75) is 0 Å². The van der Waals surface area contributed by atoms with Crippen LogP contribution in [0.2, 0.25) is 0 Å². The normalized spacial score (nSPS) is 12.7. The van der Waals surface area contributed by atoms with E-state index >= 15 is 0 Å². The molecule has 7 aromatic carbocycles. The highest BCUT2D eigenvalue weighted by atomic mass is 32.2. The first kappa shape index (κ1) is 25.9. The van der Waals surface area contributed by atoms with Crippen LogP contribution in [0.4, 0.5) is 0 Å². The molecule has 4 aromatic heterocycles. The van der Waals surface area contributed by atoms with Gasteiger partial charge in [-0.1, -0.05) is 48.5 Å². The topological polar surface area (TPSA) is 82.5 Å². The van der Waals surface area contributed by atoms with Crippen molar-refractivity contribution < 1.29 is 17.1 Å². The highest BCUT2D eigenvalue weighted by molar-refractivity contribution is 7.90. The fourth-order valence-electron chi connectivity index (χ4n) is 7.95. The second-order valence-electron chi connectivity index (χ2n) is 11.7. The Morgan fingerprint density at radius 3 is 1.38 bits per heavy atom. The molecule has 11 aromatic rings. The van der Waals surface area contributed by atoms with E-state index in [9.17, 15) is 4.55 Å². The molecular weight excluding hydrogens is 629 g/mol. The van der Waals surface area contributed by atoms with Crippen LogP contribution in [0.25, 0.3) is 98.0 Å². The molecule has 1 N–H and O–H groups in total. The molecule has 11 rings (SSSR count). The van der Waals surface area contributed by atoms with Crippen molar-refractivity contribution >= 4 is 123 Å². The second kappa shape index (κ2) is 9.18. The van der Waals surface area contributed by atoms with E-state index in [0.29, 0.717) is 24.1 Å². The molecule has 0 atom stereocenters. The summed E-state index contributed by atoms with van der Waals surface area (Å²) in [6, 6.07) is 33.5. The van der Waals surface area contributed by atoms with Gasteiger partial charge in [0.25, 0.3) is 0 Å². The molecule has 0 aliphatic heterocycles. The molecule has 0 bridgehead atoms. The summed E-state index contributed by atoms with van der Waals surface area (Å²) >= 11 is 1.30. The quantitative estimate of drug-likeness (QED) is 0.112. The van der Waals surface area contributed by atoms with Gasteiger partial charge in [-0.25, -0.2) is 9.97 Å². The highest BCUT2D eigenvalue weighted by Crippen LogP contribution is 2.50. The number of para-hydroxylation sites is 4. The summed E-state index contributed by atoms with van der Waals surface area (Å²) < 4.78 is 31.5. The van der Waals surface area contributed by atoms with Crippen LogP contribution in [0.1, 0.15) is 0 Å². The van der Waals surface area contributed by atoms with Gasteiger partial charge in [0.2, 0.25) is 36.4 Å². The van der Waals surface area contributed by atoms with Crippen molar-refractivity contribution in [3.05, 3.63) is 97.1 Å². The molecular formula is C37H20N4O4S2. The maximum Gasteiger partial charge on any atom is 0.226 e. The Morgan fingerprint density at radius 1 is 0.511 bits per heavy atom. The van der Waals surface area contributed by atoms with Crippen LogP contribution in [-0.4, -0.2) is 30.4 Å². The number of benzene rings is 7. The molecule has 0 saturated carbocycles. The fourth-order valence-corrected chi connectivity index (χ4v) is 8.48. The van der Waals surface area contributed by atoms with Crippen molar-refractivity contribution in [3.63, 3.8) is 0 Å². The SMILES string of the molecule is COSOc1c2ccc3c4ccc5c(OSO)n6c7ccccc7nc6c6ccc(c7ccc(c2c37)c2nc3ccccc3n12)c4c56. The van der Waals surface area contributed by atoms with E-state index in [4.69, 9.17) is 22.5 Å². The van der Waals surface area contributed by atoms with Crippen LogP contribution in [0.15, 0.2) is 97.1 Å². The van der Waals surface area contributed by atoms with E-state index in [2.05, 4.69) is 59.0 Å². The van der Waals surface area contributed by atoms with Crippen molar-refractivity contribution in [1.29, 1.82) is 0 Å². The number of pyridine rings is 2. The number of hydrogen-bond acceptors (Lipinski definition) is 8. The zero-order valence-electron chi connectivity index (χ0n) is 24.5. The lowest BCUT2D eigenvalue weighted by Crippen LogP contribution is -1.99. The molecule has 4 heterocycles. The summed E-state index contributed by atoms with van der Waals surface area (Å²) in [6.07, 6.45) is 0. The van der Waals surface area contributed by atoms with Gasteiger partial charge in [0, 0.05) is 32.3 Å². The van der Waals surface area contributed by atoms with Crippen LogP contribution in [0.3, 0.4) is 0 Å². The Morgan fingerprint density at radius 2 is 0.915 bits per heavy atom. The number of fused-ring (bicyclic) bond motifs is 10. The van der Waals surface area contributed by atoms with E-state index in [-0.39, 0.29) is 0 Å². The van der Waals surface area contributed by atoms with Gasteiger partial charge in [-0.2, -0.15) is 0 Å². The molecule has 0 spiro atoms. The first-order valence-electron chi connectivity index (χ1n) is 15.0. The lowest BCUT2D eigenvalue weighted by Gasteiger charge is -2.20. The monoisotopic (exact) mass is 648 g/mol. The first-order chi connectivity index (χ1) is 23.3. The third kappa shape index (κ3) is 3.13. The van der Waals surface area contributed by atoms with Crippen molar-refractivity contribution in [3.8, 4) is 11.8 Å². The number of rotatable bonds is 5. The zero-order chi connectivity index (χ0) is 31.0. The average molecular weight is 649 g/mol. The molecule has 0 radical (unpaired) electrons. The van der Waals surface area contributed by atoms with Gasteiger partial charge in [0.1, 0.15) is 11.3 Å². The summed E-state index contributed by atoms with van der Waals surface area (Å²) in [6.45, 7) is 0. The van der Waals surface area contributed by atoms with Gasteiger partial charge in [-0.15, -0.1) is 0 Å². The van der Waals surface area contributed by atoms with Crippen molar-refractivity contribution in [2.75, 3.05) is 7.11 Å². The van der Waals surface area contributed by atoms with Gasteiger partial charge < -0.3 is 8.37 Å². The smallest absolute Gasteiger partial charge is 0.226 e. The summed E-state index contributed by atoms with van der Waals surface area (Å²) in [5.41, 5.74) is 5.27. The van der Waals surface area contributed by atoms with E-state index in [1.54, 1.807) is 7.11 Å². The van der Waals surface area contributed by atoms with E-state index in [0.717, 1.165) is 110 Å². The summed E-state index contributed by atoms with van der Waals surface area (Å²) in [5.74, 6) is 1.21. The van der Waals surface area contributed by atoms with Gasteiger partial charge in [0.05, 0.1) is 29.2 Å². The molecule has 0 saturated heterocycles. The van der Waals surface area contributed by atoms with E-state index in [1.165, 1.54) is 0 Å². The largest absolute Gasteiger partial charge is 0.380 e. The molecule has 8 nitrogen and oxygen atoms in total. The third-order valence-corrected chi connectivity index (χ3v) is 10.3. The number of nitrogens with zero attached hydrogens (tertiary/aromatic N) is 4. The standard InChI is InChI=1S/C37H20N4O4S2/c1-43-47-45-37-25-17-13-21-20-12-16-24-32-22(34-38-26-6-2-4-8-28(26)40(34)36(24)44-46-42)14-10-18(30(20)32)19-11-15-23(33(25)31(19)21)35-39-27-7-3-5-9-29(27)41(35)37/h2-17,42H,1H3. The summed E-state index contributed by atoms with van der Waals surface area (Å²) in [4.78, 5) is 10.1. The van der Waals surface area contributed by atoms with E-state index in [1.807, 2.05) is 46.9 Å². The Balaban J connectivity index is 1.36. The third-order valence-electron chi connectivity index (χ3n) is 9.67. The van der Waals surface area contributed by atoms with Crippen LogP contribution in [-0.2, 0) is 4.18 Å². The predicted molar refractivity (Wildman–Crippen MR) is 192 cm³/mol. The Bertz CT molecular complexity index is 3080. The van der Waals surface area contributed by atoms with Crippen LogP contribution in [0.5, 0.6) is 11.8 Å². The molecule has 0 aliphatic carbocycles. The molecule has 47 heavy (non-hydrogen) atoms. The van der Waals surface area contributed by atoms with Crippen molar-refractivity contribution in [2.24, 2.45) is 0 Å². The minimum atomic E-state index is 0.350. The van der Waals surface area contributed by atoms with Gasteiger partial charge in [-0.05, 0) is 80.8 Å². The second-order valence-corrected chi connectivity index (χ2v) is 12.7. The zero-order valence-corrected chi connectivity index (χ0v) is 26.1. The maximum absolute atomic E-state index is 9.94. The molecule has 10 heteroatoms. The van der Waals surface area contributed by atoms with Crippen LogP contribution >= 0.6 is 24.6 Å². The number of aromatic nitrogens is 4. The van der Waals surface area contributed by atoms with Gasteiger partial charge in [0.15, 0.2) is 0 Å². The minimum Gasteiger partial charge on any atom is -0.380 e. The van der Waals surface area contributed by atoms with Crippen LogP contribution in [0, 0.1) is 0 Å². The molecule has 0 amide bonds. The Kier molecular flexibility index (Phi) is 5.05. The lowest BCUT2D eigenvalue weighted by atomic mass is 9.86. The molecule has 224 valence electrons. The maximum atomic E-state index is 9.94. The average Bonchev–Trinajstić information content (AvgIpc) is 3.70. The van der Waals surface area contributed by atoms with Gasteiger partial charge in [-0.3, -0.25) is 17.5 Å². The Labute approximate surface area is 273 Å². The summed E-state index contributed by atoms with van der Waals surface area (Å²) in [5, 5.41) is 12.9. The lowest BCUT2D eigenvalue weighted by molar-refractivity contribution is 0.435. The predicted octanol–water partition coefficient (Wildman–Crippen LogP) is 10.2. The highest BCUT2D eigenvalue weighted by Gasteiger charge is 2.25. The minimum absolute atomic E-state index is 0.350. The number of imidazole rings is 2. The number of hydrogen-bond donors (Lipinski definition) is 1. The molecule has 0 fully saturated rings. The summed E-state index contributed by atoms with van der Waals surface area (Å²) in [7, 11) is 1.60. The molecule has 0 unspecified atom stereocenters. The van der Waals surface area contributed by atoms with Gasteiger partial charge >= 0.3 is 0 Å². The Hall–Kier alpha value is -5.26. The van der Waals surface area contributed by atoms with Crippen molar-refractivity contribution in [1.82, 2.24) is 18.8 Å². The van der Waals surface area contributed by atoms with Crippen LogP contribution < -0.4 is 8.37 Å².